The Bertz CT molecular complexity index is 1510. The lowest BCUT2D eigenvalue weighted by molar-refractivity contribution is -0.139. The number of halogens is 2. The highest BCUT2D eigenvalue weighted by atomic mass is 35.5. The van der Waals surface area contributed by atoms with Gasteiger partial charge in [0.05, 0.1) is 10.6 Å². The van der Waals surface area contributed by atoms with Gasteiger partial charge in [-0.2, -0.15) is 0 Å². The van der Waals surface area contributed by atoms with Crippen LogP contribution in [0.5, 0.6) is 0 Å². The van der Waals surface area contributed by atoms with Crippen molar-refractivity contribution in [2.45, 2.75) is 76.4 Å². The molecule has 0 radical (unpaired) electrons. The number of rotatable bonds is 10. The molecule has 0 bridgehead atoms. The molecule has 0 spiro atoms. The Morgan fingerprint density at radius 1 is 0.976 bits per heavy atom. The van der Waals surface area contributed by atoms with E-state index in [-0.39, 0.29) is 29.1 Å². The quantitative estimate of drug-likeness (QED) is 0.297. The minimum absolute atomic E-state index is 0.00862. The van der Waals surface area contributed by atoms with Gasteiger partial charge in [0, 0.05) is 17.6 Å². The number of carbonyl (C=O) groups excluding carboxylic acids is 2. The number of carbonyl (C=O) groups is 2. The molecule has 224 valence electrons. The summed E-state index contributed by atoms with van der Waals surface area (Å²) in [5, 5.41) is 3.42. The monoisotopic (exact) mass is 613 g/mol. The van der Waals surface area contributed by atoms with Gasteiger partial charge in [0.15, 0.2) is 0 Å². The SMILES string of the molecule is Cc1ccc(S(=O)(=O)N(CC(=O)N(Cc2ccc(F)cc2)C(C)C(=O)NC2CCCCC2)c2cccc(Cl)c2C)cc1. The van der Waals surface area contributed by atoms with Crippen LogP contribution in [0.2, 0.25) is 5.02 Å². The second-order valence-corrected chi connectivity index (χ2v) is 13.1. The van der Waals surface area contributed by atoms with Gasteiger partial charge in [-0.05, 0) is 81.1 Å². The molecule has 2 amide bonds. The summed E-state index contributed by atoms with van der Waals surface area (Å²) in [4.78, 5) is 28.9. The molecule has 0 aromatic heterocycles. The van der Waals surface area contributed by atoms with E-state index < -0.39 is 34.3 Å². The minimum Gasteiger partial charge on any atom is -0.352 e. The van der Waals surface area contributed by atoms with E-state index in [1.807, 2.05) is 6.92 Å². The molecule has 3 aromatic carbocycles. The number of anilines is 1. The number of aryl methyl sites for hydroxylation is 1. The first kappa shape index (κ1) is 31.5. The summed E-state index contributed by atoms with van der Waals surface area (Å²) in [5.74, 6) is -1.32. The number of nitrogens with zero attached hydrogens (tertiary/aromatic N) is 2. The average Bonchev–Trinajstić information content (AvgIpc) is 2.97. The Labute approximate surface area is 252 Å². The third-order valence-corrected chi connectivity index (χ3v) is 9.96. The van der Waals surface area contributed by atoms with Gasteiger partial charge in [-0.1, -0.05) is 66.8 Å². The van der Waals surface area contributed by atoms with Crippen molar-refractivity contribution in [3.63, 3.8) is 0 Å². The molecule has 7 nitrogen and oxygen atoms in total. The Morgan fingerprint density at radius 2 is 1.62 bits per heavy atom. The van der Waals surface area contributed by atoms with Crippen molar-refractivity contribution in [1.82, 2.24) is 10.2 Å². The fraction of sp³-hybridized carbons (Fsp3) is 0.375. The van der Waals surface area contributed by atoms with Crippen molar-refractivity contribution in [3.8, 4) is 0 Å². The number of benzene rings is 3. The lowest BCUT2D eigenvalue weighted by Gasteiger charge is -2.33. The number of sulfonamides is 1. The van der Waals surface area contributed by atoms with Gasteiger partial charge < -0.3 is 10.2 Å². The second kappa shape index (κ2) is 13.7. The summed E-state index contributed by atoms with van der Waals surface area (Å²) in [6.45, 7) is 4.59. The molecule has 0 aliphatic heterocycles. The van der Waals surface area contributed by atoms with Crippen LogP contribution in [0.1, 0.15) is 55.7 Å². The van der Waals surface area contributed by atoms with Crippen LogP contribution in [-0.4, -0.2) is 43.8 Å². The highest BCUT2D eigenvalue weighted by Gasteiger charge is 2.34. The van der Waals surface area contributed by atoms with Crippen molar-refractivity contribution in [1.29, 1.82) is 0 Å². The lowest BCUT2D eigenvalue weighted by Crippen LogP contribution is -2.53. The first-order chi connectivity index (χ1) is 20.0. The summed E-state index contributed by atoms with van der Waals surface area (Å²) >= 11 is 6.38. The molecule has 10 heteroatoms. The molecule has 1 N–H and O–H groups in total. The summed E-state index contributed by atoms with van der Waals surface area (Å²) in [6, 6.07) is 16.0. The van der Waals surface area contributed by atoms with Crippen LogP contribution in [0.4, 0.5) is 10.1 Å². The summed E-state index contributed by atoms with van der Waals surface area (Å²) in [6.07, 6.45) is 4.94. The van der Waals surface area contributed by atoms with Gasteiger partial charge in [-0.3, -0.25) is 13.9 Å². The topological polar surface area (TPSA) is 86.8 Å². The fourth-order valence-corrected chi connectivity index (χ4v) is 6.80. The highest BCUT2D eigenvalue weighted by molar-refractivity contribution is 7.92. The number of hydrogen-bond donors (Lipinski definition) is 1. The molecule has 3 aromatic rings. The van der Waals surface area contributed by atoms with E-state index in [2.05, 4.69) is 5.32 Å². The zero-order valence-corrected chi connectivity index (χ0v) is 25.7. The van der Waals surface area contributed by atoms with Crippen molar-refractivity contribution in [2.75, 3.05) is 10.8 Å². The van der Waals surface area contributed by atoms with E-state index in [1.54, 1.807) is 56.3 Å². The van der Waals surface area contributed by atoms with E-state index in [1.165, 1.54) is 29.2 Å². The predicted octanol–water partition coefficient (Wildman–Crippen LogP) is 6.16. The normalized spacial score (nSPS) is 14.7. The minimum atomic E-state index is -4.21. The molecule has 0 heterocycles. The molecule has 42 heavy (non-hydrogen) atoms. The third kappa shape index (κ3) is 7.50. The van der Waals surface area contributed by atoms with Crippen molar-refractivity contribution >= 4 is 39.1 Å². The van der Waals surface area contributed by atoms with E-state index in [0.29, 0.717) is 16.1 Å². The maximum absolute atomic E-state index is 14.1. The number of hydrogen-bond acceptors (Lipinski definition) is 4. The average molecular weight is 614 g/mol. The molecule has 1 aliphatic rings. The van der Waals surface area contributed by atoms with E-state index in [9.17, 15) is 22.4 Å². The molecule has 4 rings (SSSR count). The van der Waals surface area contributed by atoms with E-state index in [4.69, 9.17) is 11.6 Å². The van der Waals surface area contributed by atoms with Gasteiger partial charge in [0.1, 0.15) is 18.4 Å². The smallest absolute Gasteiger partial charge is 0.264 e. The molecule has 0 saturated heterocycles. The van der Waals surface area contributed by atoms with Gasteiger partial charge in [-0.25, -0.2) is 12.8 Å². The predicted molar refractivity (Wildman–Crippen MR) is 163 cm³/mol. The standard InChI is InChI=1S/C32H37ClFN3O4S/c1-22-12-18-28(19-13-22)42(40,41)37(30-11-7-10-29(33)23(30)2)21-31(38)36(20-25-14-16-26(34)17-15-25)24(3)32(39)35-27-8-5-4-6-9-27/h7,10-19,24,27H,4-6,8-9,20-21H2,1-3H3,(H,35,39). The van der Waals surface area contributed by atoms with Crippen LogP contribution in [0.3, 0.4) is 0 Å². The highest BCUT2D eigenvalue weighted by Crippen LogP contribution is 2.31. The molecule has 1 saturated carbocycles. The van der Waals surface area contributed by atoms with Gasteiger partial charge in [0.25, 0.3) is 10.0 Å². The van der Waals surface area contributed by atoms with Crippen molar-refractivity contribution < 1.29 is 22.4 Å². The van der Waals surface area contributed by atoms with Crippen LogP contribution in [0.25, 0.3) is 0 Å². The molecular weight excluding hydrogens is 577 g/mol. The van der Waals surface area contributed by atoms with Gasteiger partial charge in [-0.15, -0.1) is 0 Å². The first-order valence-corrected chi connectivity index (χ1v) is 16.0. The molecule has 1 unspecified atom stereocenters. The zero-order chi connectivity index (χ0) is 30.4. The Hall–Kier alpha value is -3.43. The largest absolute Gasteiger partial charge is 0.352 e. The summed E-state index contributed by atoms with van der Waals surface area (Å²) in [7, 11) is -4.21. The maximum Gasteiger partial charge on any atom is 0.264 e. The van der Waals surface area contributed by atoms with Gasteiger partial charge in [0.2, 0.25) is 11.8 Å². The Balaban J connectivity index is 1.70. The maximum atomic E-state index is 14.1. The number of nitrogens with one attached hydrogen (secondary N) is 1. The summed E-state index contributed by atoms with van der Waals surface area (Å²) in [5.41, 5.74) is 2.25. The van der Waals surface area contributed by atoms with Gasteiger partial charge >= 0.3 is 0 Å². The Morgan fingerprint density at radius 3 is 2.26 bits per heavy atom. The second-order valence-electron chi connectivity index (χ2n) is 10.9. The fourth-order valence-electron chi connectivity index (χ4n) is 5.15. The van der Waals surface area contributed by atoms with Crippen LogP contribution in [0.15, 0.2) is 71.6 Å². The third-order valence-electron chi connectivity index (χ3n) is 7.78. The summed E-state index contributed by atoms with van der Waals surface area (Å²) < 4.78 is 42.7. The molecule has 1 atom stereocenters. The lowest BCUT2D eigenvalue weighted by atomic mass is 9.95. The van der Waals surface area contributed by atoms with Crippen LogP contribution in [0, 0.1) is 19.7 Å². The molecule has 1 aliphatic carbocycles. The van der Waals surface area contributed by atoms with Crippen LogP contribution < -0.4 is 9.62 Å². The van der Waals surface area contributed by atoms with E-state index >= 15 is 0 Å². The van der Waals surface area contributed by atoms with Crippen LogP contribution in [-0.2, 0) is 26.2 Å². The first-order valence-electron chi connectivity index (χ1n) is 14.2. The van der Waals surface area contributed by atoms with Crippen molar-refractivity contribution in [3.05, 3.63) is 94.3 Å². The Kier molecular flexibility index (Phi) is 10.3. The molecule has 1 fully saturated rings. The van der Waals surface area contributed by atoms with E-state index in [0.717, 1.165) is 42.0 Å². The molecular formula is C32H37ClFN3O4S. The van der Waals surface area contributed by atoms with Crippen LogP contribution >= 0.6 is 11.6 Å². The zero-order valence-electron chi connectivity index (χ0n) is 24.1. The number of amides is 2. The van der Waals surface area contributed by atoms with Crippen molar-refractivity contribution in [2.24, 2.45) is 0 Å².